The van der Waals surface area contributed by atoms with E-state index in [9.17, 15) is 9.90 Å². The number of phenolic OH excluding ortho intramolecular Hbond substituents is 1. The van der Waals surface area contributed by atoms with E-state index in [1.54, 1.807) is 6.07 Å². The van der Waals surface area contributed by atoms with E-state index in [4.69, 9.17) is 5.11 Å². The number of aliphatic hydroxyl groups excluding tert-OH is 1. The molecule has 1 aromatic rings. The molecule has 0 saturated carbocycles. The number of phenols is 1. The second-order valence-corrected chi connectivity index (χ2v) is 5.43. The van der Waals surface area contributed by atoms with Crippen molar-refractivity contribution in [2.45, 2.75) is 39.5 Å². The van der Waals surface area contributed by atoms with Crippen LogP contribution in [-0.4, -0.2) is 22.6 Å². The molecule has 0 saturated heterocycles. The molecule has 0 aliphatic heterocycles. The van der Waals surface area contributed by atoms with Crippen LogP contribution < -0.4 is 0 Å². The summed E-state index contributed by atoms with van der Waals surface area (Å²) in [5.74, 6) is 0.0765. The van der Waals surface area contributed by atoms with Gasteiger partial charge in [0.2, 0.25) is 0 Å². The van der Waals surface area contributed by atoms with Gasteiger partial charge in [0.15, 0.2) is 5.78 Å². The maximum atomic E-state index is 11.2. The second-order valence-electron chi connectivity index (χ2n) is 5.43. The van der Waals surface area contributed by atoms with Gasteiger partial charge in [-0.15, -0.1) is 0 Å². The number of aliphatic hydroxyl groups is 1. The Morgan fingerprint density at radius 2 is 1.88 bits per heavy atom. The monoisotopic (exact) mass is 236 g/mol. The van der Waals surface area contributed by atoms with Crippen LogP contribution in [0.3, 0.4) is 0 Å². The lowest BCUT2D eigenvalue weighted by molar-refractivity contribution is -0.121. The molecule has 0 bridgehead atoms. The molecule has 1 rings (SSSR count). The predicted molar refractivity (Wildman–Crippen MR) is 67.3 cm³/mol. The molecule has 3 heteroatoms. The van der Waals surface area contributed by atoms with Gasteiger partial charge in [-0.1, -0.05) is 32.9 Å². The molecule has 2 N–H and O–H groups in total. The molecule has 0 heterocycles. The normalized spacial score (nSPS) is 11.6. The van der Waals surface area contributed by atoms with Gasteiger partial charge in [-0.3, -0.25) is 4.79 Å². The van der Waals surface area contributed by atoms with Crippen molar-refractivity contribution in [3.05, 3.63) is 28.8 Å². The zero-order valence-corrected chi connectivity index (χ0v) is 10.9. The first kappa shape index (κ1) is 13.7. The van der Waals surface area contributed by atoms with Crippen molar-refractivity contribution >= 4 is 5.78 Å². The number of carbonyl (C=O) groups excluding carboxylic acids is 1. The first-order chi connectivity index (χ1) is 7.75. The molecule has 0 aromatic heterocycles. The molecule has 3 nitrogen and oxygen atoms in total. The number of aromatic hydroxyl groups is 1. The summed E-state index contributed by atoms with van der Waals surface area (Å²) >= 11 is 0. The predicted octanol–water partition coefficient (Wildman–Crippen LogP) is 2.10. The Morgan fingerprint density at radius 1 is 1.29 bits per heavy atom. The van der Waals surface area contributed by atoms with Crippen LogP contribution in [0.25, 0.3) is 0 Å². The summed E-state index contributed by atoms with van der Waals surface area (Å²) in [5, 5.41) is 18.8. The Bertz CT molecular complexity index is 428. The van der Waals surface area contributed by atoms with Crippen molar-refractivity contribution in [2.24, 2.45) is 0 Å². The molecule has 0 aliphatic carbocycles. The first-order valence-corrected chi connectivity index (χ1v) is 5.71. The number of ketones is 1. The number of aryl methyl sites for hydroxylation is 1. The summed E-state index contributed by atoms with van der Waals surface area (Å²) in [7, 11) is 0. The minimum atomic E-state index is -0.440. The molecular weight excluding hydrogens is 216 g/mol. The van der Waals surface area contributed by atoms with Gasteiger partial charge in [0, 0.05) is 6.42 Å². The largest absolute Gasteiger partial charge is 0.507 e. The fourth-order valence-corrected chi connectivity index (χ4v) is 1.81. The SMILES string of the molecule is Cc1cc(CC(=O)CO)cc(C(C)(C)C)c1O. The van der Waals surface area contributed by atoms with Gasteiger partial charge in [-0.2, -0.15) is 0 Å². The quantitative estimate of drug-likeness (QED) is 0.845. The van der Waals surface area contributed by atoms with E-state index in [0.717, 1.165) is 16.7 Å². The van der Waals surface area contributed by atoms with Crippen LogP contribution in [0.4, 0.5) is 0 Å². The van der Waals surface area contributed by atoms with Crippen LogP contribution in [0.5, 0.6) is 5.75 Å². The highest BCUT2D eigenvalue weighted by Gasteiger charge is 2.20. The number of rotatable bonds is 3. The fraction of sp³-hybridized carbons (Fsp3) is 0.500. The lowest BCUT2D eigenvalue weighted by Crippen LogP contribution is -2.14. The molecule has 17 heavy (non-hydrogen) atoms. The van der Waals surface area contributed by atoms with Gasteiger partial charge in [0.05, 0.1) is 0 Å². The maximum absolute atomic E-state index is 11.2. The Kier molecular flexibility index (Phi) is 3.94. The third kappa shape index (κ3) is 3.30. The number of hydrogen-bond acceptors (Lipinski definition) is 3. The molecule has 0 fully saturated rings. The van der Waals surface area contributed by atoms with Gasteiger partial charge < -0.3 is 10.2 Å². The van der Waals surface area contributed by atoms with E-state index in [1.165, 1.54) is 0 Å². The number of hydrogen-bond donors (Lipinski definition) is 2. The van der Waals surface area contributed by atoms with Crippen LogP contribution >= 0.6 is 0 Å². The molecule has 0 spiro atoms. The number of carbonyl (C=O) groups is 1. The highest BCUT2D eigenvalue weighted by molar-refractivity contribution is 5.82. The van der Waals surface area contributed by atoms with Crippen molar-refractivity contribution < 1.29 is 15.0 Å². The lowest BCUT2D eigenvalue weighted by Gasteiger charge is -2.22. The topological polar surface area (TPSA) is 57.5 Å². The molecule has 1 aromatic carbocycles. The third-order valence-corrected chi connectivity index (χ3v) is 2.75. The first-order valence-electron chi connectivity index (χ1n) is 5.71. The van der Waals surface area contributed by atoms with Gasteiger partial charge >= 0.3 is 0 Å². The van der Waals surface area contributed by atoms with Crippen molar-refractivity contribution in [3.63, 3.8) is 0 Å². The number of Topliss-reactive ketones (excluding diaryl/α,β-unsaturated/α-hetero) is 1. The van der Waals surface area contributed by atoms with Crippen LogP contribution in [0.1, 0.15) is 37.5 Å². The Morgan fingerprint density at radius 3 is 2.35 bits per heavy atom. The molecule has 0 atom stereocenters. The molecule has 0 radical (unpaired) electrons. The minimum absolute atomic E-state index is 0.173. The zero-order chi connectivity index (χ0) is 13.2. The Labute approximate surface area is 102 Å². The van der Waals surface area contributed by atoms with Crippen LogP contribution in [0.15, 0.2) is 12.1 Å². The summed E-state index contributed by atoms with van der Waals surface area (Å²) in [6.07, 6.45) is 0.209. The zero-order valence-electron chi connectivity index (χ0n) is 10.9. The molecule has 0 amide bonds. The Balaban J connectivity index is 3.20. The summed E-state index contributed by atoms with van der Waals surface area (Å²) in [4.78, 5) is 11.2. The summed E-state index contributed by atoms with van der Waals surface area (Å²) < 4.78 is 0. The fourth-order valence-electron chi connectivity index (χ4n) is 1.81. The van der Waals surface area contributed by atoms with Crippen LogP contribution in [0, 0.1) is 6.92 Å². The minimum Gasteiger partial charge on any atom is -0.507 e. The van der Waals surface area contributed by atoms with E-state index in [-0.39, 0.29) is 23.4 Å². The van der Waals surface area contributed by atoms with E-state index in [2.05, 4.69) is 0 Å². The van der Waals surface area contributed by atoms with E-state index >= 15 is 0 Å². The van der Waals surface area contributed by atoms with E-state index in [0.29, 0.717) is 0 Å². The average Bonchev–Trinajstić information content (AvgIpc) is 2.21. The van der Waals surface area contributed by atoms with Gasteiger partial charge in [-0.05, 0) is 29.0 Å². The molecule has 94 valence electrons. The second kappa shape index (κ2) is 4.88. The van der Waals surface area contributed by atoms with Crippen LogP contribution in [-0.2, 0) is 16.6 Å². The van der Waals surface area contributed by atoms with Gasteiger partial charge in [-0.25, -0.2) is 0 Å². The van der Waals surface area contributed by atoms with Crippen molar-refractivity contribution in [1.29, 1.82) is 0 Å². The highest BCUT2D eigenvalue weighted by atomic mass is 16.3. The third-order valence-electron chi connectivity index (χ3n) is 2.75. The Hall–Kier alpha value is -1.35. The summed E-state index contributed by atoms with van der Waals surface area (Å²) in [6, 6.07) is 3.63. The van der Waals surface area contributed by atoms with E-state index < -0.39 is 6.61 Å². The summed E-state index contributed by atoms with van der Waals surface area (Å²) in [5.41, 5.74) is 2.26. The van der Waals surface area contributed by atoms with E-state index in [1.807, 2.05) is 33.8 Å². The molecule has 0 aliphatic rings. The van der Waals surface area contributed by atoms with Crippen molar-refractivity contribution in [2.75, 3.05) is 6.61 Å². The van der Waals surface area contributed by atoms with Gasteiger partial charge in [0.1, 0.15) is 12.4 Å². The standard InChI is InChI=1S/C14H20O3/c1-9-5-10(6-11(16)8-15)7-12(13(9)17)14(2,3)4/h5,7,15,17H,6,8H2,1-4H3. The summed E-state index contributed by atoms with van der Waals surface area (Å²) in [6.45, 7) is 7.42. The maximum Gasteiger partial charge on any atom is 0.162 e. The molecule has 0 unspecified atom stereocenters. The van der Waals surface area contributed by atoms with Gasteiger partial charge in [0.25, 0.3) is 0 Å². The van der Waals surface area contributed by atoms with Crippen molar-refractivity contribution in [3.8, 4) is 5.75 Å². The number of benzene rings is 1. The lowest BCUT2D eigenvalue weighted by atomic mass is 9.83. The average molecular weight is 236 g/mol. The highest BCUT2D eigenvalue weighted by Crippen LogP contribution is 2.34. The van der Waals surface area contributed by atoms with Crippen molar-refractivity contribution in [1.82, 2.24) is 0 Å². The molecular formula is C14H20O3. The smallest absolute Gasteiger partial charge is 0.162 e. The van der Waals surface area contributed by atoms with Crippen LogP contribution in [0.2, 0.25) is 0 Å².